The number of nitrogens with zero attached hydrogens (tertiary/aromatic N) is 2. The molecule has 0 aliphatic carbocycles. The van der Waals surface area contributed by atoms with E-state index in [4.69, 9.17) is 9.47 Å². The van der Waals surface area contributed by atoms with Crippen molar-refractivity contribution in [1.29, 1.82) is 0 Å². The number of nitrogens with one attached hydrogen (secondary N) is 1. The van der Waals surface area contributed by atoms with Crippen LogP contribution in [0.5, 0.6) is 0 Å². The first kappa shape index (κ1) is 13.1. The van der Waals surface area contributed by atoms with Crippen LogP contribution in [0, 0.1) is 6.92 Å². The predicted molar refractivity (Wildman–Crippen MR) is 77.2 cm³/mol. The number of benzene rings is 1. The Morgan fingerprint density at radius 2 is 2.15 bits per heavy atom. The van der Waals surface area contributed by atoms with Gasteiger partial charge in [-0.2, -0.15) is 0 Å². The van der Waals surface area contributed by atoms with Crippen molar-refractivity contribution in [3.05, 3.63) is 42.2 Å². The van der Waals surface area contributed by atoms with Crippen molar-refractivity contribution in [2.45, 2.75) is 19.6 Å². The number of ether oxygens (including phenoxy) is 2. The topological polar surface area (TPSA) is 48.3 Å². The van der Waals surface area contributed by atoms with Gasteiger partial charge in [0.05, 0.1) is 38.2 Å². The smallest absolute Gasteiger partial charge is 0.207 e. The van der Waals surface area contributed by atoms with Gasteiger partial charge in [-0.25, -0.2) is 4.98 Å². The number of imidazole rings is 1. The zero-order chi connectivity index (χ0) is 13.8. The van der Waals surface area contributed by atoms with Gasteiger partial charge in [0.25, 0.3) is 0 Å². The number of hydrogen-bond acceptors (Lipinski definition) is 4. The maximum atomic E-state index is 5.69. The largest absolute Gasteiger partial charge is 0.376 e. The van der Waals surface area contributed by atoms with Crippen LogP contribution in [0.25, 0.3) is 0 Å². The second kappa shape index (κ2) is 6.07. The molecule has 5 nitrogen and oxygen atoms in total. The molecule has 1 atom stereocenters. The minimum atomic E-state index is 0.0914. The van der Waals surface area contributed by atoms with E-state index in [-0.39, 0.29) is 6.10 Å². The lowest BCUT2D eigenvalue weighted by Crippen LogP contribution is -2.32. The van der Waals surface area contributed by atoms with Gasteiger partial charge >= 0.3 is 0 Å². The highest BCUT2D eigenvalue weighted by molar-refractivity contribution is 5.53. The van der Waals surface area contributed by atoms with E-state index in [0.29, 0.717) is 19.8 Å². The van der Waals surface area contributed by atoms with Crippen LogP contribution in [0.2, 0.25) is 0 Å². The van der Waals surface area contributed by atoms with Crippen LogP contribution in [0.1, 0.15) is 5.69 Å². The lowest BCUT2D eigenvalue weighted by Gasteiger charge is -2.23. The molecule has 2 aromatic rings. The summed E-state index contributed by atoms with van der Waals surface area (Å²) in [5, 5.41) is 3.34. The zero-order valence-electron chi connectivity index (χ0n) is 11.6. The lowest BCUT2D eigenvalue weighted by atomic mass is 10.3. The highest BCUT2D eigenvalue weighted by atomic mass is 16.6. The van der Waals surface area contributed by atoms with Crippen LogP contribution >= 0.6 is 0 Å². The Morgan fingerprint density at radius 1 is 1.30 bits per heavy atom. The molecule has 1 aromatic heterocycles. The molecule has 3 rings (SSSR count). The van der Waals surface area contributed by atoms with Gasteiger partial charge in [0.2, 0.25) is 5.95 Å². The Kier molecular flexibility index (Phi) is 3.99. The minimum Gasteiger partial charge on any atom is -0.376 e. The predicted octanol–water partition coefficient (Wildman–Crippen LogP) is 2.35. The van der Waals surface area contributed by atoms with E-state index in [2.05, 4.69) is 14.9 Å². The van der Waals surface area contributed by atoms with Crippen LogP contribution < -0.4 is 5.32 Å². The molecule has 2 heterocycles. The second-order valence-electron chi connectivity index (χ2n) is 4.92. The minimum absolute atomic E-state index is 0.0914. The molecule has 1 unspecified atom stereocenters. The third-order valence-electron chi connectivity index (χ3n) is 3.21. The Hall–Kier alpha value is -1.85. The summed E-state index contributed by atoms with van der Waals surface area (Å²) >= 11 is 0. The molecular weight excluding hydrogens is 254 g/mol. The van der Waals surface area contributed by atoms with Crippen LogP contribution in [-0.2, 0) is 16.0 Å². The van der Waals surface area contributed by atoms with Crippen LogP contribution in [0.3, 0.4) is 0 Å². The van der Waals surface area contributed by atoms with Crippen LogP contribution in [-0.4, -0.2) is 35.5 Å². The van der Waals surface area contributed by atoms with Gasteiger partial charge in [-0.05, 0) is 19.1 Å². The molecule has 0 radical (unpaired) electrons. The van der Waals surface area contributed by atoms with Crippen molar-refractivity contribution in [3.63, 3.8) is 0 Å². The summed E-state index contributed by atoms with van der Waals surface area (Å²) in [6.45, 7) is 4.73. The van der Waals surface area contributed by atoms with Gasteiger partial charge in [0.1, 0.15) is 0 Å². The molecule has 0 saturated carbocycles. The van der Waals surface area contributed by atoms with Crippen molar-refractivity contribution >= 4 is 11.6 Å². The van der Waals surface area contributed by atoms with E-state index in [0.717, 1.165) is 23.9 Å². The third-order valence-corrected chi connectivity index (χ3v) is 3.21. The molecule has 1 aliphatic rings. The number of anilines is 2. The summed E-state index contributed by atoms with van der Waals surface area (Å²) in [7, 11) is 0. The number of aryl methyl sites for hydroxylation is 1. The van der Waals surface area contributed by atoms with Gasteiger partial charge in [-0.15, -0.1) is 0 Å². The maximum absolute atomic E-state index is 5.69. The van der Waals surface area contributed by atoms with Gasteiger partial charge in [-0.1, -0.05) is 18.2 Å². The average molecular weight is 273 g/mol. The highest BCUT2D eigenvalue weighted by Crippen LogP contribution is 2.17. The molecule has 106 valence electrons. The number of aromatic nitrogens is 2. The summed E-state index contributed by atoms with van der Waals surface area (Å²) in [5.74, 6) is 0.836. The maximum Gasteiger partial charge on any atom is 0.207 e. The summed E-state index contributed by atoms with van der Waals surface area (Å²) in [4.78, 5) is 4.53. The Labute approximate surface area is 118 Å². The first-order valence-electron chi connectivity index (χ1n) is 6.86. The SMILES string of the molecule is Cc1cn(CC2COCCO2)c(Nc2ccccc2)n1. The van der Waals surface area contributed by atoms with Gasteiger partial charge in [-0.3, -0.25) is 0 Å². The monoisotopic (exact) mass is 273 g/mol. The van der Waals surface area contributed by atoms with Crippen molar-refractivity contribution in [3.8, 4) is 0 Å². The average Bonchev–Trinajstić information content (AvgIpc) is 2.81. The fraction of sp³-hybridized carbons (Fsp3) is 0.400. The first-order valence-corrected chi connectivity index (χ1v) is 6.86. The normalized spacial score (nSPS) is 18.9. The van der Waals surface area contributed by atoms with Gasteiger partial charge < -0.3 is 19.4 Å². The van der Waals surface area contributed by atoms with Crippen molar-refractivity contribution in [2.75, 3.05) is 25.1 Å². The Morgan fingerprint density at radius 3 is 2.90 bits per heavy atom. The summed E-state index contributed by atoms with van der Waals surface area (Å²) in [5.41, 5.74) is 2.01. The number of hydrogen-bond donors (Lipinski definition) is 1. The van der Waals surface area contributed by atoms with Crippen molar-refractivity contribution < 1.29 is 9.47 Å². The molecule has 0 bridgehead atoms. The Bertz CT molecular complexity index is 548. The molecule has 1 aliphatic heterocycles. The highest BCUT2D eigenvalue weighted by Gasteiger charge is 2.17. The van der Waals surface area contributed by atoms with E-state index < -0.39 is 0 Å². The third kappa shape index (κ3) is 3.18. The summed E-state index contributed by atoms with van der Waals surface area (Å²) < 4.78 is 13.2. The standard InChI is InChI=1S/C15H19N3O2/c1-12-9-18(10-14-11-19-7-8-20-14)15(16-12)17-13-5-3-2-4-6-13/h2-6,9,14H,7-8,10-11H2,1H3,(H,16,17). The molecule has 0 amide bonds. The first-order chi connectivity index (χ1) is 9.81. The lowest BCUT2D eigenvalue weighted by molar-refractivity contribution is -0.0934. The van der Waals surface area contributed by atoms with Crippen molar-refractivity contribution in [2.24, 2.45) is 0 Å². The van der Waals surface area contributed by atoms with E-state index in [1.54, 1.807) is 0 Å². The molecule has 1 aromatic carbocycles. The van der Waals surface area contributed by atoms with E-state index in [1.165, 1.54) is 0 Å². The second-order valence-corrected chi connectivity index (χ2v) is 4.92. The van der Waals surface area contributed by atoms with E-state index in [1.807, 2.05) is 43.5 Å². The fourth-order valence-electron chi connectivity index (χ4n) is 2.30. The Balaban J connectivity index is 1.73. The molecule has 20 heavy (non-hydrogen) atoms. The molecule has 1 fully saturated rings. The molecule has 1 saturated heterocycles. The van der Waals surface area contributed by atoms with Crippen LogP contribution in [0.4, 0.5) is 11.6 Å². The number of para-hydroxylation sites is 1. The van der Waals surface area contributed by atoms with E-state index >= 15 is 0 Å². The molecule has 0 spiro atoms. The van der Waals surface area contributed by atoms with Gasteiger partial charge in [0.15, 0.2) is 0 Å². The molecule has 5 heteroatoms. The van der Waals surface area contributed by atoms with E-state index in [9.17, 15) is 0 Å². The fourth-order valence-corrected chi connectivity index (χ4v) is 2.30. The van der Waals surface area contributed by atoms with Gasteiger partial charge in [0, 0.05) is 11.9 Å². The quantitative estimate of drug-likeness (QED) is 0.929. The van der Waals surface area contributed by atoms with Crippen LogP contribution in [0.15, 0.2) is 36.5 Å². The van der Waals surface area contributed by atoms with Crippen molar-refractivity contribution in [1.82, 2.24) is 9.55 Å². The summed E-state index contributed by atoms with van der Waals surface area (Å²) in [6, 6.07) is 10.0. The molecular formula is C15H19N3O2. The summed E-state index contributed by atoms with van der Waals surface area (Å²) in [6.07, 6.45) is 2.12. The molecule has 1 N–H and O–H groups in total. The zero-order valence-corrected chi connectivity index (χ0v) is 11.6. The number of rotatable bonds is 4.